The topological polar surface area (TPSA) is 107 Å². The molecule has 0 radical (unpaired) electrons. The van der Waals surface area contributed by atoms with Crippen molar-refractivity contribution in [3.05, 3.63) is 22.4 Å². The lowest BCUT2D eigenvalue weighted by atomic mass is 10.1. The van der Waals surface area contributed by atoms with Gasteiger partial charge in [0.1, 0.15) is 17.0 Å². The first-order valence-electron chi connectivity index (χ1n) is 7.43. The number of carbonyl (C=O) groups excluding carboxylic acids is 1. The minimum absolute atomic E-state index is 0.00735. The molecule has 8 heteroatoms. The zero-order chi connectivity index (χ0) is 17.9. The van der Waals surface area contributed by atoms with Crippen LogP contribution in [0.1, 0.15) is 32.8 Å². The molecule has 24 heavy (non-hydrogen) atoms. The van der Waals surface area contributed by atoms with E-state index in [1.54, 1.807) is 4.90 Å². The van der Waals surface area contributed by atoms with Gasteiger partial charge >= 0.3 is 6.09 Å². The summed E-state index contributed by atoms with van der Waals surface area (Å²) >= 11 is 5.98. The quantitative estimate of drug-likeness (QED) is 0.549. The SMILES string of the molecule is CC(C)(C)OC(=O)N1CC=C(C#Cc2c(N)nc(N)nc2Cl)CC1. The van der Waals surface area contributed by atoms with Gasteiger partial charge in [0.25, 0.3) is 0 Å². The molecule has 1 aliphatic rings. The van der Waals surface area contributed by atoms with Crippen LogP contribution in [0.2, 0.25) is 5.15 Å². The number of nitrogen functional groups attached to an aromatic ring is 2. The number of amides is 1. The highest BCUT2D eigenvalue weighted by molar-refractivity contribution is 6.31. The third kappa shape index (κ3) is 4.77. The average molecular weight is 350 g/mol. The maximum absolute atomic E-state index is 12.0. The normalized spacial score (nSPS) is 14.5. The highest BCUT2D eigenvalue weighted by Crippen LogP contribution is 2.19. The van der Waals surface area contributed by atoms with Gasteiger partial charge in [0.15, 0.2) is 5.15 Å². The fourth-order valence-electron chi connectivity index (χ4n) is 2.00. The van der Waals surface area contributed by atoms with Crippen LogP contribution in [0.3, 0.4) is 0 Å². The lowest BCUT2D eigenvalue weighted by molar-refractivity contribution is 0.0267. The predicted molar refractivity (Wildman–Crippen MR) is 93.3 cm³/mol. The number of carbonyl (C=O) groups is 1. The highest BCUT2D eigenvalue weighted by atomic mass is 35.5. The second-order valence-corrected chi connectivity index (χ2v) is 6.65. The molecule has 0 saturated carbocycles. The molecule has 0 unspecified atom stereocenters. The highest BCUT2D eigenvalue weighted by Gasteiger charge is 2.23. The maximum Gasteiger partial charge on any atom is 0.410 e. The molecule has 2 heterocycles. The van der Waals surface area contributed by atoms with Gasteiger partial charge in [-0.3, -0.25) is 0 Å². The molecule has 0 atom stereocenters. The Morgan fingerprint density at radius 3 is 2.58 bits per heavy atom. The number of nitrogens with zero attached hydrogens (tertiary/aromatic N) is 3. The Morgan fingerprint density at radius 1 is 1.33 bits per heavy atom. The van der Waals surface area contributed by atoms with Crippen LogP contribution >= 0.6 is 11.6 Å². The van der Waals surface area contributed by atoms with Crippen LogP contribution in [-0.2, 0) is 4.74 Å². The van der Waals surface area contributed by atoms with Gasteiger partial charge in [0, 0.05) is 18.7 Å². The van der Waals surface area contributed by atoms with E-state index < -0.39 is 5.60 Å². The van der Waals surface area contributed by atoms with Crippen molar-refractivity contribution in [3.63, 3.8) is 0 Å². The Balaban J connectivity index is 2.06. The van der Waals surface area contributed by atoms with Crippen molar-refractivity contribution in [3.8, 4) is 11.8 Å². The summed E-state index contributed by atoms with van der Waals surface area (Å²) in [5.74, 6) is 6.02. The lowest BCUT2D eigenvalue weighted by Gasteiger charge is -2.28. The lowest BCUT2D eigenvalue weighted by Crippen LogP contribution is -2.39. The maximum atomic E-state index is 12.0. The first-order chi connectivity index (χ1) is 11.2. The monoisotopic (exact) mass is 349 g/mol. The van der Waals surface area contributed by atoms with E-state index in [4.69, 9.17) is 27.8 Å². The number of halogens is 1. The van der Waals surface area contributed by atoms with Crippen molar-refractivity contribution in [1.82, 2.24) is 14.9 Å². The zero-order valence-electron chi connectivity index (χ0n) is 13.9. The van der Waals surface area contributed by atoms with Gasteiger partial charge in [-0.05, 0) is 27.2 Å². The summed E-state index contributed by atoms with van der Waals surface area (Å²) in [6.07, 6.45) is 2.17. The molecule has 7 nitrogen and oxygen atoms in total. The van der Waals surface area contributed by atoms with E-state index >= 15 is 0 Å². The molecule has 0 aliphatic carbocycles. The minimum Gasteiger partial charge on any atom is -0.444 e. The van der Waals surface area contributed by atoms with Gasteiger partial charge in [-0.15, -0.1) is 0 Å². The number of hydrogen-bond donors (Lipinski definition) is 2. The summed E-state index contributed by atoms with van der Waals surface area (Å²) in [6.45, 7) is 6.50. The van der Waals surface area contributed by atoms with Crippen molar-refractivity contribution in [2.24, 2.45) is 0 Å². The average Bonchev–Trinajstić information content (AvgIpc) is 2.45. The largest absolute Gasteiger partial charge is 0.444 e. The van der Waals surface area contributed by atoms with E-state index in [2.05, 4.69) is 21.8 Å². The predicted octanol–water partition coefficient (Wildman–Crippen LogP) is 2.21. The standard InChI is InChI=1S/C16H20ClN5O2/c1-16(2,3)24-15(23)22-8-6-10(7-9-22)4-5-11-12(17)20-14(19)21-13(11)18/h6H,7-9H2,1-3H3,(H4,18,19,20,21). The number of anilines is 2. The van der Waals surface area contributed by atoms with Crippen LogP contribution in [0.15, 0.2) is 11.6 Å². The van der Waals surface area contributed by atoms with Gasteiger partial charge in [-0.2, -0.15) is 9.97 Å². The van der Waals surface area contributed by atoms with Crippen molar-refractivity contribution in [2.75, 3.05) is 24.6 Å². The van der Waals surface area contributed by atoms with E-state index in [-0.39, 0.29) is 23.0 Å². The van der Waals surface area contributed by atoms with Gasteiger partial charge in [0.05, 0.1) is 0 Å². The van der Waals surface area contributed by atoms with Crippen LogP contribution in [0.4, 0.5) is 16.6 Å². The second kappa shape index (κ2) is 6.97. The van der Waals surface area contributed by atoms with Gasteiger partial charge in [-0.1, -0.05) is 29.5 Å². The summed E-state index contributed by atoms with van der Waals surface area (Å²) in [6, 6.07) is 0. The van der Waals surface area contributed by atoms with E-state index in [0.29, 0.717) is 25.1 Å². The molecule has 1 amide bonds. The van der Waals surface area contributed by atoms with E-state index in [1.165, 1.54) is 0 Å². The number of hydrogen-bond acceptors (Lipinski definition) is 6. The molecule has 0 saturated heterocycles. The molecular formula is C16H20ClN5O2. The molecule has 0 spiro atoms. The van der Waals surface area contributed by atoms with Crippen LogP contribution in [0.5, 0.6) is 0 Å². The van der Waals surface area contributed by atoms with Crippen molar-refractivity contribution < 1.29 is 9.53 Å². The van der Waals surface area contributed by atoms with Crippen molar-refractivity contribution in [2.45, 2.75) is 32.8 Å². The Hall–Kier alpha value is -2.46. The fraction of sp³-hybridized carbons (Fsp3) is 0.438. The molecule has 0 fully saturated rings. The van der Waals surface area contributed by atoms with E-state index in [9.17, 15) is 4.79 Å². The minimum atomic E-state index is -0.510. The van der Waals surface area contributed by atoms with Gasteiger partial charge in [0.2, 0.25) is 5.95 Å². The summed E-state index contributed by atoms with van der Waals surface area (Å²) < 4.78 is 5.34. The zero-order valence-corrected chi connectivity index (χ0v) is 14.6. The fourth-order valence-corrected chi connectivity index (χ4v) is 2.23. The van der Waals surface area contributed by atoms with Gasteiger partial charge < -0.3 is 21.1 Å². The number of aromatic nitrogens is 2. The first kappa shape index (κ1) is 17.9. The summed E-state index contributed by atoms with van der Waals surface area (Å²) in [5, 5.41) is 0.124. The second-order valence-electron chi connectivity index (χ2n) is 6.29. The Morgan fingerprint density at radius 2 is 2.04 bits per heavy atom. The molecule has 1 aromatic heterocycles. The Kier molecular flexibility index (Phi) is 5.20. The summed E-state index contributed by atoms with van der Waals surface area (Å²) in [7, 11) is 0. The van der Waals surface area contributed by atoms with Crippen LogP contribution in [0.25, 0.3) is 0 Å². The molecule has 4 N–H and O–H groups in total. The molecule has 2 rings (SSSR count). The molecule has 1 aromatic rings. The van der Waals surface area contributed by atoms with E-state index in [1.807, 2.05) is 26.8 Å². The molecule has 128 valence electrons. The number of ether oxygens (including phenoxy) is 1. The Labute approximate surface area is 146 Å². The molecule has 0 bridgehead atoms. The van der Waals surface area contributed by atoms with Gasteiger partial charge in [-0.25, -0.2) is 4.79 Å². The summed E-state index contributed by atoms with van der Waals surface area (Å²) in [5.41, 5.74) is 11.9. The van der Waals surface area contributed by atoms with Crippen LogP contribution in [-0.4, -0.2) is 39.7 Å². The Bertz CT molecular complexity index is 720. The van der Waals surface area contributed by atoms with Crippen molar-refractivity contribution in [1.29, 1.82) is 0 Å². The third-order valence-electron chi connectivity index (χ3n) is 3.12. The molecule has 1 aliphatic heterocycles. The third-order valence-corrected chi connectivity index (χ3v) is 3.39. The number of nitrogens with two attached hydrogens (primary N) is 2. The molecular weight excluding hydrogens is 330 g/mol. The molecule has 0 aromatic carbocycles. The summed E-state index contributed by atoms with van der Waals surface area (Å²) in [4.78, 5) is 21.3. The van der Waals surface area contributed by atoms with Crippen molar-refractivity contribution >= 4 is 29.5 Å². The smallest absolute Gasteiger partial charge is 0.410 e. The van der Waals surface area contributed by atoms with Crippen LogP contribution in [0, 0.1) is 11.8 Å². The first-order valence-corrected chi connectivity index (χ1v) is 7.81. The van der Waals surface area contributed by atoms with E-state index in [0.717, 1.165) is 5.57 Å². The number of rotatable bonds is 0. The van der Waals surface area contributed by atoms with Crippen LogP contribution < -0.4 is 11.5 Å².